The number of aromatic hydroxyl groups is 1. The maximum atomic E-state index is 10.9. The van der Waals surface area contributed by atoms with Gasteiger partial charge in [-0.25, -0.2) is 0 Å². The normalized spacial score (nSPS) is 10.4. The predicted molar refractivity (Wildman–Crippen MR) is 76.5 cm³/mol. The molecule has 0 radical (unpaired) electrons. The maximum Gasteiger partial charge on any atom is 0.272 e. The van der Waals surface area contributed by atoms with E-state index >= 15 is 0 Å². The fourth-order valence-electron chi connectivity index (χ4n) is 2.07. The summed E-state index contributed by atoms with van der Waals surface area (Å²) in [5.41, 5.74) is 2.69. The zero-order chi connectivity index (χ0) is 14.5. The molecule has 0 fully saturated rings. The van der Waals surface area contributed by atoms with Crippen LogP contribution in [-0.2, 0) is 13.1 Å². The SMILES string of the molecule is Cc1c(CNCc2cccc(O)c2)cccc1[N+](=O)[O-]. The highest BCUT2D eigenvalue weighted by Crippen LogP contribution is 2.21. The molecule has 0 saturated carbocycles. The number of nitrogens with zero attached hydrogens (tertiary/aromatic N) is 1. The van der Waals surface area contributed by atoms with Crippen molar-refractivity contribution >= 4 is 5.69 Å². The lowest BCUT2D eigenvalue weighted by Crippen LogP contribution is -2.13. The van der Waals surface area contributed by atoms with Crippen molar-refractivity contribution in [2.75, 3.05) is 0 Å². The predicted octanol–water partition coefficient (Wildman–Crippen LogP) is 2.90. The van der Waals surface area contributed by atoms with Gasteiger partial charge in [0.1, 0.15) is 5.75 Å². The highest BCUT2D eigenvalue weighted by molar-refractivity contribution is 5.44. The monoisotopic (exact) mass is 272 g/mol. The molecule has 0 saturated heterocycles. The van der Waals surface area contributed by atoms with Gasteiger partial charge in [0, 0.05) is 24.7 Å². The number of benzene rings is 2. The van der Waals surface area contributed by atoms with Crippen molar-refractivity contribution in [1.29, 1.82) is 0 Å². The van der Waals surface area contributed by atoms with E-state index in [4.69, 9.17) is 0 Å². The number of nitro benzene ring substituents is 1. The third-order valence-corrected chi connectivity index (χ3v) is 3.17. The molecule has 2 rings (SSSR count). The van der Waals surface area contributed by atoms with Crippen LogP contribution in [0.4, 0.5) is 5.69 Å². The van der Waals surface area contributed by atoms with E-state index < -0.39 is 0 Å². The van der Waals surface area contributed by atoms with Crippen molar-refractivity contribution < 1.29 is 10.0 Å². The molecule has 0 atom stereocenters. The lowest BCUT2D eigenvalue weighted by molar-refractivity contribution is -0.385. The molecule has 0 amide bonds. The van der Waals surface area contributed by atoms with Crippen LogP contribution in [0.15, 0.2) is 42.5 Å². The summed E-state index contributed by atoms with van der Waals surface area (Å²) in [7, 11) is 0. The van der Waals surface area contributed by atoms with E-state index in [-0.39, 0.29) is 16.4 Å². The first-order valence-electron chi connectivity index (χ1n) is 6.29. The van der Waals surface area contributed by atoms with Gasteiger partial charge in [-0.15, -0.1) is 0 Å². The highest BCUT2D eigenvalue weighted by atomic mass is 16.6. The first-order valence-corrected chi connectivity index (χ1v) is 6.29. The van der Waals surface area contributed by atoms with Gasteiger partial charge in [-0.05, 0) is 30.2 Å². The Morgan fingerprint density at radius 2 is 1.95 bits per heavy atom. The summed E-state index contributed by atoms with van der Waals surface area (Å²) >= 11 is 0. The van der Waals surface area contributed by atoms with Gasteiger partial charge < -0.3 is 10.4 Å². The molecule has 104 valence electrons. The van der Waals surface area contributed by atoms with Gasteiger partial charge in [0.05, 0.1) is 4.92 Å². The van der Waals surface area contributed by atoms with E-state index in [1.165, 1.54) is 6.07 Å². The Morgan fingerprint density at radius 3 is 2.65 bits per heavy atom. The number of nitro groups is 1. The smallest absolute Gasteiger partial charge is 0.272 e. The minimum Gasteiger partial charge on any atom is -0.508 e. The third kappa shape index (κ3) is 3.33. The zero-order valence-corrected chi connectivity index (χ0v) is 11.2. The summed E-state index contributed by atoms with van der Waals surface area (Å²) in [5.74, 6) is 0.232. The quantitative estimate of drug-likeness (QED) is 0.648. The van der Waals surface area contributed by atoms with Crippen LogP contribution in [-0.4, -0.2) is 10.0 Å². The Labute approximate surface area is 117 Å². The van der Waals surface area contributed by atoms with Crippen molar-refractivity contribution in [2.24, 2.45) is 0 Å². The molecule has 0 aromatic heterocycles. The summed E-state index contributed by atoms with van der Waals surface area (Å²) in [6.45, 7) is 2.89. The van der Waals surface area contributed by atoms with Crippen LogP contribution in [0.25, 0.3) is 0 Å². The Hall–Kier alpha value is -2.40. The summed E-state index contributed by atoms with van der Waals surface area (Å²) in [5, 5.41) is 23.5. The average molecular weight is 272 g/mol. The van der Waals surface area contributed by atoms with Crippen LogP contribution in [0.2, 0.25) is 0 Å². The molecule has 0 unspecified atom stereocenters. The molecule has 2 aromatic carbocycles. The first kappa shape index (κ1) is 14.0. The number of hydrogen-bond donors (Lipinski definition) is 2. The third-order valence-electron chi connectivity index (χ3n) is 3.17. The van der Waals surface area contributed by atoms with Crippen LogP contribution in [0.5, 0.6) is 5.75 Å². The largest absolute Gasteiger partial charge is 0.508 e. The molecular weight excluding hydrogens is 256 g/mol. The lowest BCUT2D eigenvalue weighted by Gasteiger charge is -2.08. The minimum absolute atomic E-state index is 0.140. The molecule has 5 nitrogen and oxygen atoms in total. The molecule has 0 spiro atoms. The van der Waals surface area contributed by atoms with Crippen LogP contribution in [0.1, 0.15) is 16.7 Å². The standard InChI is InChI=1S/C15H16N2O3/c1-11-13(5-3-7-15(11)17(19)20)10-16-9-12-4-2-6-14(18)8-12/h2-8,16,18H,9-10H2,1H3. The van der Waals surface area contributed by atoms with Gasteiger partial charge in [-0.1, -0.05) is 24.3 Å². The second kappa shape index (κ2) is 6.16. The van der Waals surface area contributed by atoms with E-state index in [1.54, 1.807) is 31.2 Å². The van der Waals surface area contributed by atoms with Gasteiger partial charge in [-0.2, -0.15) is 0 Å². The van der Waals surface area contributed by atoms with Crippen molar-refractivity contribution in [3.8, 4) is 5.75 Å². The Kier molecular flexibility index (Phi) is 4.32. The van der Waals surface area contributed by atoms with E-state index in [0.29, 0.717) is 18.7 Å². The molecule has 5 heteroatoms. The summed E-state index contributed by atoms with van der Waals surface area (Å²) in [6.07, 6.45) is 0. The Morgan fingerprint density at radius 1 is 1.20 bits per heavy atom. The second-order valence-corrected chi connectivity index (χ2v) is 4.59. The number of nitrogens with one attached hydrogen (secondary N) is 1. The summed E-state index contributed by atoms with van der Waals surface area (Å²) < 4.78 is 0. The van der Waals surface area contributed by atoms with Crippen LogP contribution in [0.3, 0.4) is 0 Å². The van der Waals surface area contributed by atoms with Gasteiger partial charge in [-0.3, -0.25) is 10.1 Å². The van der Waals surface area contributed by atoms with Crippen molar-refractivity contribution in [1.82, 2.24) is 5.32 Å². The Bertz CT molecular complexity index is 626. The second-order valence-electron chi connectivity index (χ2n) is 4.59. The number of phenols is 1. The average Bonchev–Trinajstić information content (AvgIpc) is 2.40. The summed E-state index contributed by atoms with van der Waals surface area (Å²) in [4.78, 5) is 10.5. The van der Waals surface area contributed by atoms with Gasteiger partial charge in [0.25, 0.3) is 5.69 Å². The fourth-order valence-corrected chi connectivity index (χ4v) is 2.07. The van der Waals surface area contributed by atoms with Crippen LogP contribution in [0, 0.1) is 17.0 Å². The maximum absolute atomic E-state index is 10.9. The van der Waals surface area contributed by atoms with Crippen molar-refractivity contribution in [3.05, 3.63) is 69.3 Å². The molecule has 2 N–H and O–H groups in total. The molecule has 0 aliphatic heterocycles. The van der Waals surface area contributed by atoms with E-state index in [9.17, 15) is 15.2 Å². The molecule has 0 aliphatic carbocycles. The molecule has 2 aromatic rings. The number of hydrogen-bond acceptors (Lipinski definition) is 4. The van der Waals surface area contributed by atoms with Crippen LogP contribution < -0.4 is 5.32 Å². The van der Waals surface area contributed by atoms with Crippen molar-refractivity contribution in [3.63, 3.8) is 0 Å². The highest BCUT2D eigenvalue weighted by Gasteiger charge is 2.12. The lowest BCUT2D eigenvalue weighted by atomic mass is 10.1. The van der Waals surface area contributed by atoms with Gasteiger partial charge in [0.15, 0.2) is 0 Å². The number of rotatable bonds is 5. The molecule has 0 bridgehead atoms. The summed E-state index contributed by atoms with van der Waals surface area (Å²) in [6, 6.07) is 12.1. The molecule has 0 aliphatic rings. The van der Waals surface area contributed by atoms with Crippen LogP contribution >= 0.6 is 0 Å². The molecular formula is C15H16N2O3. The number of phenolic OH excluding ortho intramolecular Hbond substituents is 1. The molecule has 20 heavy (non-hydrogen) atoms. The van der Waals surface area contributed by atoms with E-state index in [2.05, 4.69) is 5.32 Å². The zero-order valence-electron chi connectivity index (χ0n) is 11.2. The molecule has 0 heterocycles. The topological polar surface area (TPSA) is 75.4 Å². The minimum atomic E-state index is -0.367. The van der Waals surface area contributed by atoms with Gasteiger partial charge >= 0.3 is 0 Å². The van der Waals surface area contributed by atoms with E-state index in [0.717, 1.165) is 11.1 Å². The van der Waals surface area contributed by atoms with Crippen molar-refractivity contribution in [2.45, 2.75) is 20.0 Å². The fraction of sp³-hybridized carbons (Fsp3) is 0.200. The first-order chi connectivity index (χ1) is 9.58. The Balaban J connectivity index is 2.01. The van der Waals surface area contributed by atoms with Gasteiger partial charge in [0.2, 0.25) is 0 Å². The van der Waals surface area contributed by atoms with E-state index in [1.807, 2.05) is 12.1 Å².